The van der Waals surface area contributed by atoms with Gasteiger partial charge in [0.25, 0.3) is 0 Å². The molecular formula is C16H17N3O3S. The maximum absolute atomic E-state index is 11.5. The minimum atomic E-state index is -1.04. The predicted octanol–water partition coefficient (Wildman–Crippen LogP) is 2.40. The van der Waals surface area contributed by atoms with E-state index in [1.54, 1.807) is 13.2 Å². The molecule has 0 atom stereocenters. The molecule has 1 aliphatic rings. The standard InChI is InChI=1S/C16H17N3O3S/c1-22-12-4-2-3-11(9-12)14-13(15(20)21)10-17-16(18-14)19-5-7-23-8-6-19/h2-4,9-10H,5-8H2,1H3,(H,20,21). The second kappa shape index (κ2) is 6.87. The van der Waals surface area contributed by atoms with Crippen LogP contribution in [0.25, 0.3) is 11.3 Å². The number of thioether (sulfide) groups is 1. The molecule has 1 aromatic carbocycles. The van der Waals surface area contributed by atoms with Gasteiger partial charge in [0.1, 0.15) is 11.3 Å². The van der Waals surface area contributed by atoms with Crippen molar-refractivity contribution >= 4 is 23.7 Å². The Morgan fingerprint density at radius 2 is 2.13 bits per heavy atom. The third kappa shape index (κ3) is 3.39. The van der Waals surface area contributed by atoms with Crippen molar-refractivity contribution in [3.63, 3.8) is 0 Å². The Morgan fingerprint density at radius 3 is 2.83 bits per heavy atom. The maximum Gasteiger partial charge on any atom is 0.339 e. The van der Waals surface area contributed by atoms with Crippen LogP contribution in [0, 0.1) is 0 Å². The summed E-state index contributed by atoms with van der Waals surface area (Å²) in [6.07, 6.45) is 1.39. The van der Waals surface area contributed by atoms with Gasteiger partial charge in [0.05, 0.1) is 12.8 Å². The minimum absolute atomic E-state index is 0.0911. The van der Waals surface area contributed by atoms with E-state index in [0.29, 0.717) is 23.0 Å². The smallest absolute Gasteiger partial charge is 0.339 e. The molecule has 3 rings (SSSR count). The number of anilines is 1. The van der Waals surface area contributed by atoms with E-state index in [1.165, 1.54) is 6.20 Å². The number of aromatic carboxylic acids is 1. The largest absolute Gasteiger partial charge is 0.497 e. The molecule has 0 amide bonds. The Hall–Kier alpha value is -2.28. The molecule has 0 spiro atoms. The normalized spacial score (nSPS) is 14.6. The third-order valence-electron chi connectivity index (χ3n) is 3.64. The van der Waals surface area contributed by atoms with Crippen LogP contribution in [0.2, 0.25) is 0 Å². The zero-order valence-corrected chi connectivity index (χ0v) is 13.5. The molecule has 1 aromatic heterocycles. The van der Waals surface area contributed by atoms with Crippen molar-refractivity contribution in [3.05, 3.63) is 36.0 Å². The van der Waals surface area contributed by atoms with Crippen molar-refractivity contribution in [2.75, 3.05) is 36.6 Å². The van der Waals surface area contributed by atoms with Crippen molar-refractivity contribution in [1.29, 1.82) is 0 Å². The Bertz CT molecular complexity index is 717. The quantitative estimate of drug-likeness (QED) is 0.922. The number of ether oxygens (including phenoxy) is 1. The van der Waals surface area contributed by atoms with E-state index in [2.05, 4.69) is 14.9 Å². The van der Waals surface area contributed by atoms with Crippen LogP contribution in [0.1, 0.15) is 10.4 Å². The SMILES string of the molecule is COc1cccc(-c2nc(N3CCSCC3)ncc2C(=O)O)c1. The highest BCUT2D eigenvalue weighted by Crippen LogP contribution is 2.27. The lowest BCUT2D eigenvalue weighted by Crippen LogP contribution is -2.34. The third-order valence-corrected chi connectivity index (χ3v) is 4.59. The molecule has 7 heteroatoms. The van der Waals surface area contributed by atoms with Crippen LogP contribution >= 0.6 is 11.8 Å². The number of carboxylic acid groups (broad SMARTS) is 1. The van der Waals surface area contributed by atoms with Crippen LogP contribution in [0.3, 0.4) is 0 Å². The van der Waals surface area contributed by atoms with Gasteiger partial charge in [-0.1, -0.05) is 12.1 Å². The van der Waals surface area contributed by atoms with E-state index in [4.69, 9.17) is 4.74 Å². The summed E-state index contributed by atoms with van der Waals surface area (Å²) >= 11 is 1.90. The van der Waals surface area contributed by atoms with Crippen LogP contribution in [-0.4, -0.2) is 52.7 Å². The molecule has 0 aliphatic carbocycles. The lowest BCUT2D eigenvalue weighted by Gasteiger charge is -2.26. The number of carbonyl (C=O) groups is 1. The first-order valence-electron chi connectivity index (χ1n) is 7.26. The summed E-state index contributed by atoms with van der Waals surface area (Å²) in [5.74, 6) is 2.25. The summed E-state index contributed by atoms with van der Waals surface area (Å²) in [5, 5.41) is 9.43. The second-order valence-electron chi connectivity index (χ2n) is 5.07. The number of nitrogens with zero attached hydrogens (tertiary/aromatic N) is 3. The Labute approximate surface area is 138 Å². The van der Waals surface area contributed by atoms with Crippen molar-refractivity contribution in [2.24, 2.45) is 0 Å². The summed E-state index contributed by atoms with van der Waals surface area (Å²) in [6, 6.07) is 7.24. The first-order valence-corrected chi connectivity index (χ1v) is 8.42. The van der Waals surface area contributed by atoms with E-state index in [9.17, 15) is 9.90 Å². The minimum Gasteiger partial charge on any atom is -0.497 e. The van der Waals surface area contributed by atoms with Gasteiger partial charge in [0, 0.05) is 36.4 Å². The van der Waals surface area contributed by atoms with E-state index in [0.717, 1.165) is 24.6 Å². The first kappa shape index (κ1) is 15.6. The number of rotatable bonds is 4. The molecule has 0 bridgehead atoms. The predicted molar refractivity (Wildman–Crippen MR) is 90.5 cm³/mol. The summed E-state index contributed by atoms with van der Waals surface area (Å²) < 4.78 is 5.22. The Kier molecular flexibility index (Phi) is 4.66. The summed E-state index contributed by atoms with van der Waals surface area (Å²) in [4.78, 5) is 22.4. The summed E-state index contributed by atoms with van der Waals surface area (Å²) in [5.41, 5.74) is 1.21. The van der Waals surface area contributed by atoms with Gasteiger partial charge in [-0.2, -0.15) is 11.8 Å². The van der Waals surface area contributed by atoms with Crippen LogP contribution in [0.15, 0.2) is 30.5 Å². The molecule has 1 aliphatic heterocycles. The highest BCUT2D eigenvalue weighted by molar-refractivity contribution is 7.99. The lowest BCUT2D eigenvalue weighted by molar-refractivity contribution is 0.0697. The second-order valence-corrected chi connectivity index (χ2v) is 6.29. The lowest BCUT2D eigenvalue weighted by atomic mass is 10.1. The number of carboxylic acids is 1. The van der Waals surface area contributed by atoms with Crippen LogP contribution < -0.4 is 9.64 Å². The number of hydrogen-bond acceptors (Lipinski definition) is 6. The zero-order chi connectivity index (χ0) is 16.2. The van der Waals surface area contributed by atoms with Gasteiger partial charge in [0.15, 0.2) is 0 Å². The van der Waals surface area contributed by atoms with Gasteiger partial charge in [-0.05, 0) is 12.1 Å². The molecule has 2 aromatic rings. The highest BCUT2D eigenvalue weighted by atomic mass is 32.2. The Morgan fingerprint density at radius 1 is 1.35 bits per heavy atom. The van der Waals surface area contributed by atoms with Gasteiger partial charge in [-0.25, -0.2) is 14.8 Å². The van der Waals surface area contributed by atoms with Gasteiger partial charge in [-0.3, -0.25) is 0 Å². The molecule has 0 unspecified atom stereocenters. The zero-order valence-electron chi connectivity index (χ0n) is 12.7. The van der Waals surface area contributed by atoms with Gasteiger partial charge in [0.2, 0.25) is 5.95 Å². The fourth-order valence-corrected chi connectivity index (χ4v) is 3.34. The van der Waals surface area contributed by atoms with Crippen LogP contribution in [-0.2, 0) is 0 Å². The van der Waals surface area contributed by atoms with Gasteiger partial charge >= 0.3 is 5.97 Å². The van der Waals surface area contributed by atoms with Gasteiger partial charge < -0.3 is 14.7 Å². The topological polar surface area (TPSA) is 75.5 Å². The molecular weight excluding hydrogens is 314 g/mol. The van der Waals surface area contributed by atoms with Crippen molar-refractivity contribution in [3.8, 4) is 17.0 Å². The number of hydrogen-bond donors (Lipinski definition) is 1. The van der Waals surface area contributed by atoms with E-state index >= 15 is 0 Å². The molecule has 120 valence electrons. The number of aromatic nitrogens is 2. The van der Waals surface area contributed by atoms with Crippen molar-refractivity contribution < 1.29 is 14.6 Å². The molecule has 1 fully saturated rings. The summed E-state index contributed by atoms with van der Waals surface area (Å²) in [6.45, 7) is 1.74. The summed E-state index contributed by atoms with van der Waals surface area (Å²) in [7, 11) is 1.58. The average Bonchev–Trinajstić information content (AvgIpc) is 2.62. The fourth-order valence-electron chi connectivity index (χ4n) is 2.44. The monoisotopic (exact) mass is 331 g/mol. The maximum atomic E-state index is 11.5. The average molecular weight is 331 g/mol. The molecule has 6 nitrogen and oxygen atoms in total. The number of benzene rings is 1. The van der Waals surface area contributed by atoms with Crippen molar-refractivity contribution in [1.82, 2.24) is 9.97 Å². The molecule has 2 heterocycles. The number of methoxy groups -OCH3 is 1. The van der Waals surface area contributed by atoms with Crippen LogP contribution in [0.5, 0.6) is 5.75 Å². The molecule has 1 saturated heterocycles. The van der Waals surface area contributed by atoms with Crippen LogP contribution in [0.4, 0.5) is 5.95 Å². The molecule has 1 N–H and O–H groups in total. The molecule has 23 heavy (non-hydrogen) atoms. The Balaban J connectivity index is 2.05. The van der Waals surface area contributed by atoms with E-state index < -0.39 is 5.97 Å². The fraction of sp³-hybridized carbons (Fsp3) is 0.312. The van der Waals surface area contributed by atoms with Crippen molar-refractivity contribution in [2.45, 2.75) is 0 Å². The van der Waals surface area contributed by atoms with E-state index in [1.807, 2.05) is 30.0 Å². The van der Waals surface area contributed by atoms with E-state index in [-0.39, 0.29) is 5.56 Å². The molecule has 0 saturated carbocycles. The first-order chi connectivity index (χ1) is 11.2. The molecule has 0 radical (unpaired) electrons. The highest BCUT2D eigenvalue weighted by Gasteiger charge is 2.19. The van der Waals surface area contributed by atoms with Gasteiger partial charge in [-0.15, -0.1) is 0 Å².